The van der Waals surface area contributed by atoms with Crippen LogP contribution >= 0.6 is 0 Å². The third-order valence-electron chi connectivity index (χ3n) is 4.18. The number of carbonyl (C=O) groups is 2. The summed E-state index contributed by atoms with van der Waals surface area (Å²) < 4.78 is 9.60. The molecule has 0 aromatic heterocycles. The van der Waals surface area contributed by atoms with Crippen molar-refractivity contribution < 1.29 is 19.1 Å². The summed E-state index contributed by atoms with van der Waals surface area (Å²) in [5.74, 6) is -0.348. The average molecular weight is 226 g/mol. The van der Waals surface area contributed by atoms with Crippen LogP contribution in [0.2, 0.25) is 0 Å². The molecule has 16 heavy (non-hydrogen) atoms. The molecule has 0 heterocycles. The molecule has 0 radical (unpaired) electrons. The fourth-order valence-corrected chi connectivity index (χ4v) is 3.33. The van der Waals surface area contributed by atoms with E-state index in [0.717, 1.165) is 6.42 Å². The first-order valence-electron chi connectivity index (χ1n) is 5.46. The molecule has 0 spiro atoms. The largest absolute Gasteiger partial charge is 0.469 e. The average Bonchev–Trinajstić information content (AvgIpc) is 2.82. The third kappa shape index (κ3) is 1.21. The second-order valence-electron chi connectivity index (χ2n) is 4.57. The predicted octanol–water partition coefficient (Wildman–Crippen LogP) is -0.0534. The minimum atomic E-state index is -0.682. The van der Waals surface area contributed by atoms with Crippen molar-refractivity contribution in [3.8, 4) is 0 Å². The zero-order valence-electron chi connectivity index (χ0n) is 9.78. The van der Waals surface area contributed by atoms with Gasteiger partial charge in [-0.25, -0.2) is 0 Å². The molecule has 4 atom stereocenters. The van der Waals surface area contributed by atoms with E-state index in [2.05, 4.69) is 5.32 Å². The molecule has 3 fully saturated rings. The van der Waals surface area contributed by atoms with Crippen molar-refractivity contribution in [1.29, 1.82) is 0 Å². The number of likely N-dealkylation sites (N-methyl/N-ethyl adjacent to an activating group) is 1. The minimum Gasteiger partial charge on any atom is -0.469 e. The predicted molar refractivity (Wildman–Crippen MR) is 55.5 cm³/mol. The van der Waals surface area contributed by atoms with E-state index in [0.29, 0.717) is 6.42 Å². The Balaban J connectivity index is 2.21. The molecular weight excluding hydrogens is 209 g/mol. The smallest absolute Gasteiger partial charge is 0.326 e. The van der Waals surface area contributed by atoms with Crippen LogP contribution in [0.15, 0.2) is 0 Å². The Morgan fingerprint density at radius 3 is 2.50 bits per heavy atom. The summed E-state index contributed by atoms with van der Waals surface area (Å²) in [7, 11) is 4.51. The maximum absolute atomic E-state index is 11.8. The van der Waals surface area contributed by atoms with Crippen LogP contribution in [-0.4, -0.2) is 38.7 Å². The highest BCUT2D eigenvalue weighted by molar-refractivity contribution is 5.86. The van der Waals surface area contributed by atoms with E-state index in [-0.39, 0.29) is 29.7 Å². The molecule has 5 heteroatoms. The van der Waals surface area contributed by atoms with E-state index >= 15 is 0 Å². The zero-order chi connectivity index (χ0) is 11.9. The number of ether oxygens (including phenoxy) is 2. The molecular formula is C11H17NO4. The Morgan fingerprint density at radius 2 is 2.00 bits per heavy atom. The van der Waals surface area contributed by atoms with Crippen LogP contribution in [-0.2, 0) is 19.1 Å². The normalized spacial score (nSPS) is 40.1. The van der Waals surface area contributed by atoms with Gasteiger partial charge in [-0.2, -0.15) is 0 Å². The third-order valence-corrected chi connectivity index (χ3v) is 4.18. The molecule has 0 aliphatic heterocycles. The molecule has 90 valence electrons. The van der Waals surface area contributed by atoms with Crippen molar-refractivity contribution in [3.63, 3.8) is 0 Å². The molecule has 3 aliphatic carbocycles. The first-order chi connectivity index (χ1) is 7.60. The fourth-order valence-electron chi connectivity index (χ4n) is 3.33. The second kappa shape index (κ2) is 3.73. The van der Waals surface area contributed by atoms with E-state index in [4.69, 9.17) is 9.47 Å². The van der Waals surface area contributed by atoms with Crippen LogP contribution in [0.4, 0.5) is 0 Å². The van der Waals surface area contributed by atoms with E-state index < -0.39 is 5.54 Å². The summed E-state index contributed by atoms with van der Waals surface area (Å²) in [5.41, 5.74) is -0.682. The first-order valence-corrected chi connectivity index (χ1v) is 5.46. The molecule has 0 aromatic carbocycles. The lowest BCUT2D eigenvalue weighted by Gasteiger charge is -2.37. The molecule has 1 N–H and O–H groups in total. The van der Waals surface area contributed by atoms with Crippen molar-refractivity contribution in [2.75, 3.05) is 21.3 Å². The molecule has 3 aliphatic rings. The van der Waals surface area contributed by atoms with Crippen LogP contribution in [0.25, 0.3) is 0 Å². The maximum Gasteiger partial charge on any atom is 0.326 e. The van der Waals surface area contributed by atoms with Gasteiger partial charge in [-0.1, -0.05) is 0 Å². The SMILES string of the molecule is COC(=O)[C@H]1[C@H]2C[C@@H]1[C@](N[11CH3])(C(=O)OC)C2. The summed E-state index contributed by atoms with van der Waals surface area (Å²) in [6.07, 6.45) is 1.57. The Labute approximate surface area is 94.5 Å². The van der Waals surface area contributed by atoms with Gasteiger partial charge < -0.3 is 14.8 Å². The van der Waals surface area contributed by atoms with Gasteiger partial charge in [-0.15, -0.1) is 0 Å². The number of hydrogen-bond acceptors (Lipinski definition) is 5. The quantitative estimate of drug-likeness (QED) is 0.683. The lowest BCUT2D eigenvalue weighted by molar-refractivity contribution is -0.157. The number of nitrogens with one attached hydrogen (secondary N) is 1. The van der Waals surface area contributed by atoms with Crippen LogP contribution < -0.4 is 5.32 Å². The van der Waals surface area contributed by atoms with Gasteiger partial charge in [0.25, 0.3) is 0 Å². The Bertz CT molecular complexity index is 330. The van der Waals surface area contributed by atoms with E-state index in [1.165, 1.54) is 14.2 Å². The van der Waals surface area contributed by atoms with Gasteiger partial charge in [-0.05, 0) is 25.8 Å². The van der Waals surface area contributed by atoms with Crippen LogP contribution in [0.1, 0.15) is 12.8 Å². The molecule has 3 saturated carbocycles. The van der Waals surface area contributed by atoms with E-state index in [9.17, 15) is 9.59 Å². The maximum atomic E-state index is 11.8. The highest BCUT2D eigenvalue weighted by Crippen LogP contribution is 2.59. The van der Waals surface area contributed by atoms with Gasteiger partial charge in [0.1, 0.15) is 5.54 Å². The summed E-state index contributed by atoms with van der Waals surface area (Å²) in [5, 5.41) is 3.05. The lowest BCUT2D eigenvalue weighted by atomic mass is 9.69. The highest BCUT2D eigenvalue weighted by Gasteiger charge is 2.67. The number of fused-ring (bicyclic) bond motifs is 1. The van der Waals surface area contributed by atoms with Gasteiger partial charge in [0.2, 0.25) is 0 Å². The molecule has 0 amide bonds. The highest BCUT2D eigenvalue weighted by atomic mass is 16.5. The number of carbonyl (C=O) groups excluding carboxylic acids is 2. The monoisotopic (exact) mass is 226 g/mol. The van der Waals surface area contributed by atoms with Crippen molar-refractivity contribution in [2.24, 2.45) is 17.8 Å². The Morgan fingerprint density at radius 1 is 1.31 bits per heavy atom. The van der Waals surface area contributed by atoms with Gasteiger partial charge in [0.05, 0.1) is 20.1 Å². The molecule has 0 unspecified atom stereocenters. The summed E-state index contributed by atoms with van der Waals surface area (Å²) in [6, 6.07) is 0. The first kappa shape index (κ1) is 11.4. The zero-order valence-corrected chi connectivity index (χ0v) is 9.78. The molecule has 0 aromatic rings. The lowest BCUT2D eigenvalue weighted by Crippen LogP contribution is -2.55. The van der Waals surface area contributed by atoms with Crippen molar-refractivity contribution in [1.82, 2.24) is 5.32 Å². The number of esters is 2. The second-order valence-corrected chi connectivity index (χ2v) is 4.57. The summed E-state index contributed by atoms with van der Waals surface area (Å²) in [6.45, 7) is 0. The van der Waals surface area contributed by atoms with E-state index in [1.54, 1.807) is 7.05 Å². The molecule has 2 bridgehead atoms. The van der Waals surface area contributed by atoms with Crippen molar-refractivity contribution in [2.45, 2.75) is 18.4 Å². The Hall–Kier alpha value is -1.10. The van der Waals surface area contributed by atoms with Crippen molar-refractivity contribution in [3.05, 3.63) is 0 Å². The molecule has 0 saturated heterocycles. The van der Waals surface area contributed by atoms with E-state index in [1.807, 2.05) is 0 Å². The number of methoxy groups -OCH3 is 2. The molecule has 5 nitrogen and oxygen atoms in total. The summed E-state index contributed by atoms with van der Waals surface area (Å²) in [4.78, 5) is 23.4. The fraction of sp³-hybridized carbons (Fsp3) is 0.818. The van der Waals surface area contributed by atoms with Crippen LogP contribution in [0.5, 0.6) is 0 Å². The van der Waals surface area contributed by atoms with Gasteiger partial charge in [-0.3, -0.25) is 9.59 Å². The Kier molecular flexibility index (Phi) is 2.66. The molecule has 3 rings (SSSR count). The van der Waals surface area contributed by atoms with Gasteiger partial charge in [0.15, 0.2) is 0 Å². The summed E-state index contributed by atoms with van der Waals surface area (Å²) >= 11 is 0. The topological polar surface area (TPSA) is 64.6 Å². The minimum absolute atomic E-state index is 0.0161. The van der Waals surface area contributed by atoms with Crippen molar-refractivity contribution >= 4 is 11.9 Å². The standard InChI is InChI=1S/C11H17NO4/c1-12-11(10(14)16-3)5-6-4-7(11)8(6)9(13)15-2/h6-8,12H,4-5H2,1-3H3/t6-,7-,8-,11-/m0/s1/i1-1. The van der Waals surface area contributed by atoms with Crippen LogP contribution in [0, 0.1) is 17.8 Å². The van der Waals surface area contributed by atoms with Gasteiger partial charge >= 0.3 is 11.9 Å². The van der Waals surface area contributed by atoms with Crippen LogP contribution in [0.3, 0.4) is 0 Å². The number of hydrogen-bond donors (Lipinski definition) is 1. The number of rotatable bonds is 3. The van der Waals surface area contributed by atoms with Gasteiger partial charge in [0, 0.05) is 5.92 Å².